The number of halogens is 1. The van der Waals surface area contributed by atoms with E-state index in [4.69, 9.17) is 0 Å². The minimum absolute atomic E-state index is 0.0173. The molecule has 0 aliphatic carbocycles. The Hall–Kier alpha value is -2.76. The number of rotatable bonds is 2. The number of aromatic nitrogens is 2. The van der Waals surface area contributed by atoms with Crippen LogP contribution < -0.4 is 0 Å². The van der Waals surface area contributed by atoms with Crippen LogP contribution in [0.1, 0.15) is 0 Å². The summed E-state index contributed by atoms with van der Waals surface area (Å²) in [6.45, 7) is 0. The van der Waals surface area contributed by atoms with Crippen molar-refractivity contribution >= 4 is 16.6 Å². The van der Waals surface area contributed by atoms with Crippen molar-refractivity contribution in [3.8, 4) is 11.4 Å². The van der Waals surface area contributed by atoms with Gasteiger partial charge in [0.25, 0.3) is 5.69 Å². The molecule has 94 valence electrons. The van der Waals surface area contributed by atoms with Crippen molar-refractivity contribution in [2.45, 2.75) is 0 Å². The Morgan fingerprint density at radius 3 is 2.84 bits per heavy atom. The highest BCUT2D eigenvalue weighted by Gasteiger charge is 2.16. The van der Waals surface area contributed by atoms with Gasteiger partial charge in [-0.15, -0.1) is 0 Å². The molecular formula is C13H8FN3O2. The second-order valence-electron chi connectivity index (χ2n) is 4.01. The summed E-state index contributed by atoms with van der Waals surface area (Å²) in [5.41, 5.74) is 1.13. The van der Waals surface area contributed by atoms with E-state index in [0.717, 1.165) is 0 Å². The molecule has 0 saturated carbocycles. The molecule has 1 aromatic carbocycles. The summed E-state index contributed by atoms with van der Waals surface area (Å²) in [6, 6.07) is 9.02. The Bertz CT molecular complexity index is 782. The molecule has 3 rings (SSSR count). The van der Waals surface area contributed by atoms with Crippen molar-refractivity contribution in [1.29, 1.82) is 0 Å². The summed E-state index contributed by atoms with van der Waals surface area (Å²) in [7, 11) is 0. The van der Waals surface area contributed by atoms with Gasteiger partial charge in [0, 0.05) is 12.3 Å². The molecule has 0 spiro atoms. The highest BCUT2D eigenvalue weighted by Crippen LogP contribution is 2.30. The average Bonchev–Trinajstić information content (AvgIpc) is 2.82. The Labute approximate surface area is 106 Å². The number of nitro groups is 1. The lowest BCUT2D eigenvalue weighted by Gasteiger charge is -1.97. The van der Waals surface area contributed by atoms with E-state index in [0.29, 0.717) is 16.6 Å². The molecule has 5 nitrogen and oxygen atoms in total. The zero-order chi connectivity index (χ0) is 13.4. The lowest BCUT2D eigenvalue weighted by molar-refractivity contribution is -0.383. The summed E-state index contributed by atoms with van der Waals surface area (Å²) >= 11 is 0. The highest BCUT2D eigenvalue weighted by molar-refractivity contribution is 5.92. The number of H-pyrrole nitrogens is 1. The number of nitrogens with zero attached hydrogens (tertiary/aromatic N) is 2. The Balaban J connectivity index is 2.26. The van der Waals surface area contributed by atoms with Gasteiger partial charge in [0.1, 0.15) is 5.69 Å². The molecule has 0 atom stereocenters. The topological polar surface area (TPSA) is 71.8 Å². The van der Waals surface area contributed by atoms with Crippen LogP contribution in [0.15, 0.2) is 42.6 Å². The lowest BCUT2D eigenvalue weighted by atomic mass is 10.2. The van der Waals surface area contributed by atoms with Gasteiger partial charge >= 0.3 is 0 Å². The van der Waals surface area contributed by atoms with E-state index in [1.165, 1.54) is 24.4 Å². The standard InChI is InChI=1S/C13H8FN3O2/c14-9-3-2-6-15-13(9)11-7-8-10(16-11)4-1-5-12(8)17(18)19/h1-7,16H. The van der Waals surface area contributed by atoms with Crippen LogP contribution in [0.2, 0.25) is 0 Å². The highest BCUT2D eigenvalue weighted by atomic mass is 19.1. The normalized spacial score (nSPS) is 10.8. The minimum atomic E-state index is -0.475. The predicted molar refractivity (Wildman–Crippen MR) is 68.1 cm³/mol. The molecule has 2 heterocycles. The molecular weight excluding hydrogens is 249 g/mol. The predicted octanol–water partition coefficient (Wildman–Crippen LogP) is 3.28. The molecule has 6 heteroatoms. The fourth-order valence-corrected chi connectivity index (χ4v) is 2.01. The molecule has 19 heavy (non-hydrogen) atoms. The van der Waals surface area contributed by atoms with E-state index in [2.05, 4.69) is 9.97 Å². The van der Waals surface area contributed by atoms with Crippen LogP contribution in [0, 0.1) is 15.9 Å². The zero-order valence-corrected chi connectivity index (χ0v) is 9.63. The van der Waals surface area contributed by atoms with Gasteiger partial charge in [-0.1, -0.05) is 6.07 Å². The quantitative estimate of drug-likeness (QED) is 0.565. The third kappa shape index (κ3) is 1.83. The second-order valence-corrected chi connectivity index (χ2v) is 4.01. The van der Waals surface area contributed by atoms with Crippen LogP contribution >= 0.6 is 0 Å². The van der Waals surface area contributed by atoms with E-state index in [9.17, 15) is 14.5 Å². The molecule has 0 unspecified atom stereocenters. The number of aromatic amines is 1. The third-order valence-corrected chi connectivity index (χ3v) is 2.85. The minimum Gasteiger partial charge on any atom is -0.353 e. The van der Waals surface area contributed by atoms with Gasteiger partial charge in [-0.3, -0.25) is 15.1 Å². The first-order valence-electron chi connectivity index (χ1n) is 5.54. The van der Waals surface area contributed by atoms with Crippen molar-refractivity contribution in [1.82, 2.24) is 9.97 Å². The second kappa shape index (κ2) is 4.16. The Morgan fingerprint density at radius 2 is 2.11 bits per heavy atom. The summed E-state index contributed by atoms with van der Waals surface area (Å²) in [4.78, 5) is 17.3. The first kappa shape index (κ1) is 11.3. The third-order valence-electron chi connectivity index (χ3n) is 2.85. The maximum Gasteiger partial charge on any atom is 0.278 e. The number of benzene rings is 1. The van der Waals surface area contributed by atoms with Crippen LogP contribution in [-0.4, -0.2) is 14.9 Å². The SMILES string of the molecule is O=[N+]([O-])c1cccc2[nH]c(-c3ncccc3F)cc12. The summed E-state index contributed by atoms with van der Waals surface area (Å²) in [6.07, 6.45) is 1.47. The van der Waals surface area contributed by atoms with E-state index < -0.39 is 10.7 Å². The summed E-state index contributed by atoms with van der Waals surface area (Å²) in [5.74, 6) is -0.475. The van der Waals surface area contributed by atoms with E-state index in [1.54, 1.807) is 18.2 Å². The van der Waals surface area contributed by atoms with Crippen LogP contribution in [-0.2, 0) is 0 Å². The first-order valence-corrected chi connectivity index (χ1v) is 5.54. The van der Waals surface area contributed by atoms with Gasteiger partial charge in [0.15, 0.2) is 5.82 Å². The molecule has 2 aromatic heterocycles. The number of hydrogen-bond acceptors (Lipinski definition) is 3. The number of nitrogens with one attached hydrogen (secondary N) is 1. The van der Waals surface area contributed by atoms with Crippen LogP contribution in [0.25, 0.3) is 22.3 Å². The van der Waals surface area contributed by atoms with E-state index in [1.807, 2.05) is 0 Å². The Kier molecular flexibility index (Phi) is 2.49. The number of non-ortho nitro benzene ring substituents is 1. The number of fused-ring (bicyclic) bond motifs is 1. The molecule has 0 aliphatic heterocycles. The largest absolute Gasteiger partial charge is 0.353 e. The van der Waals surface area contributed by atoms with Crippen LogP contribution in [0.4, 0.5) is 10.1 Å². The molecule has 0 radical (unpaired) electrons. The maximum atomic E-state index is 13.6. The number of hydrogen-bond donors (Lipinski definition) is 1. The maximum absolute atomic E-state index is 13.6. The molecule has 0 amide bonds. The first-order chi connectivity index (χ1) is 9.16. The van der Waals surface area contributed by atoms with Crippen LogP contribution in [0.5, 0.6) is 0 Å². The monoisotopic (exact) mass is 257 g/mol. The molecule has 0 saturated heterocycles. The van der Waals surface area contributed by atoms with Crippen molar-refractivity contribution in [3.63, 3.8) is 0 Å². The van der Waals surface area contributed by atoms with Crippen molar-refractivity contribution < 1.29 is 9.31 Å². The number of nitro benzene ring substituents is 1. The van der Waals surface area contributed by atoms with Gasteiger partial charge in [-0.2, -0.15) is 0 Å². The van der Waals surface area contributed by atoms with Gasteiger partial charge in [-0.05, 0) is 24.3 Å². The zero-order valence-electron chi connectivity index (χ0n) is 9.63. The summed E-state index contributed by atoms with van der Waals surface area (Å²) in [5, 5.41) is 11.4. The van der Waals surface area contributed by atoms with Gasteiger partial charge in [-0.25, -0.2) is 4.39 Å². The number of pyridine rings is 1. The van der Waals surface area contributed by atoms with Gasteiger partial charge < -0.3 is 4.98 Å². The molecule has 3 aromatic rings. The molecule has 0 bridgehead atoms. The molecule has 0 aliphatic rings. The van der Waals surface area contributed by atoms with E-state index >= 15 is 0 Å². The fraction of sp³-hybridized carbons (Fsp3) is 0. The van der Waals surface area contributed by atoms with E-state index in [-0.39, 0.29) is 11.4 Å². The average molecular weight is 257 g/mol. The van der Waals surface area contributed by atoms with Crippen LogP contribution in [0.3, 0.4) is 0 Å². The Morgan fingerprint density at radius 1 is 1.26 bits per heavy atom. The lowest BCUT2D eigenvalue weighted by Crippen LogP contribution is -1.87. The smallest absolute Gasteiger partial charge is 0.278 e. The van der Waals surface area contributed by atoms with Crippen molar-refractivity contribution in [2.75, 3.05) is 0 Å². The van der Waals surface area contributed by atoms with Gasteiger partial charge in [0.05, 0.1) is 21.5 Å². The van der Waals surface area contributed by atoms with Crippen molar-refractivity contribution in [3.05, 3.63) is 58.5 Å². The molecule has 1 N–H and O–H groups in total. The summed E-state index contributed by atoms with van der Waals surface area (Å²) < 4.78 is 13.6. The van der Waals surface area contributed by atoms with Gasteiger partial charge in [0.2, 0.25) is 0 Å². The fourth-order valence-electron chi connectivity index (χ4n) is 2.01. The van der Waals surface area contributed by atoms with Crippen molar-refractivity contribution in [2.24, 2.45) is 0 Å². The molecule has 0 fully saturated rings.